The quantitative estimate of drug-likeness (QED) is 0.190. The minimum atomic E-state index is -4.95. The first-order valence-electron chi connectivity index (χ1n) is 15.8. The van der Waals surface area contributed by atoms with E-state index in [1.54, 1.807) is 0 Å². The molecule has 0 bridgehead atoms. The van der Waals surface area contributed by atoms with Gasteiger partial charge in [0.25, 0.3) is 0 Å². The van der Waals surface area contributed by atoms with E-state index in [2.05, 4.69) is 19.0 Å². The molecule has 5 rings (SSSR count). The highest BCUT2D eigenvalue weighted by Gasteiger charge is 2.59. The summed E-state index contributed by atoms with van der Waals surface area (Å²) >= 11 is 0. The Bertz CT molecular complexity index is 1150. The van der Waals surface area contributed by atoms with Crippen LogP contribution in [0.15, 0.2) is 16.8 Å². The summed E-state index contributed by atoms with van der Waals surface area (Å²) in [5.74, 6) is 0.330. The number of alkyl halides is 3. The molecule has 0 spiro atoms. The number of likely N-dealkylation sites (N-methyl/N-ethyl adjacent to an activating group) is 1. The summed E-state index contributed by atoms with van der Waals surface area (Å²) in [7, 11) is 1.10. The van der Waals surface area contributed by atoms with Crippen molar-refractivity contribution in [1.82, 2.24) is 9.80 Å². The Labute approximate surface area is 247 Å². The van der Waals surface area contributed by atoms with Gasteiger partial charge in [-0.1, -0.05) is 37.4 Å². The van der Waals surface area contributed by atoms with E-state index in [-0.39, 0.29) is 41.7 Å². The van der Waals surface area contributed by atoms with Gasteiger partial charge in [-0.05, 0) is 99.4 Å². The van der Waals surface area contributed by atoms with Crippen molar-refractivity contribution in [3.63, 3.8) is 0 Å². The zero-order chi connectivity index (χ0) is 30.4. The van der Waals surface area contributed by atoms with Gasteiger partial charge in [0.1, 0.15) is 0 Å². The Kier molecular flexibility index (Phi) is 8.58. The molecule has 0 aromatic heterocycles. The molecule has 0 aromatic rings. The lowest BCUT2D eigenvalue weighted by molar-refractivity contribution is -0.184. The lowest BCUT2D eigenvalue weighted by atomic mass is 9.46. The van der Waals surface area contributed by atoms with Crippen molar-refractivity contribution in [2.45, 2.75) is 110 Å². The third-order valence-corrected chi connectivity index (χ3v) is 12.0. The van der Waals surface area contributed by atoms with Crippen molar-refractivity contribution in [1.29, 1.82) is 0 Å². The van der Waals surface area contributed by atoms with Gasteiger partial charge in [-0.2, -0.15) is 13.2 Å². The lowest BCUT2D eigenvalue weighted by Crippen LogP contribution is -2.51. The van der Waals surface area contributed by atoms with E-state index in [0.29, 0.717) is 29.1 Å². The fraction of sp³-hybridized carbons (Fsp3) is 0.812. The summed E-state index contributed by atoms with van der Waals surface area (Å²) in [6.45, 7) is 6.42. The molecule has 0 aliphatic heterocycles. The Morgan fingerprint density at radius 2 is 1.71 bits per heavy atom. The van der Waals surface area contributed by atoms with Crippen LogP contribution in [-0.2, 0) is 14.4 Å². The Morgan fingerprint density at radius 1 is 1.00 bits per heavy atom. The average molecular weight is 594 g/mol. The van der Waals surface area contributed by atoms with Crippen molar-refractivity contribution < 1.29 is 32.4 Å². The molecule has 0 N–H and O–H groups in total. The summed E-state index contributed by atoms with van der Waals surface area (Å²) in [6.07, 6.45) is 7.76. The molecule has 7 nitrogen and oxygen atoms in total. The van der Waals surface area contributed by atoms with Gasteiger partial charge < -0.3 is 9.80 Å². The van der Waals surface area contributed by atoms with E-state index in [9.17, 15) is 27.6 Å². The zero-order valence-corrected chi connectivity index (χ0v) is 25.5. The monoisotopic (exact) mass is 593 g/mol. The summed E-state index contributed by atoms with van der Waals surface area (Å²) in [5, 5.41) is 4.35. The minimum absolute atomic E-state index is 0.0382. The standard InChI is InChI=1S/C32H46F3N3O4/c1-20(36-42-29(41)38(22-7-5-6-8-22)18-17-37(4)28(40)32(33,34)35)25-11-12-26-24-10-9-21-19-23(39)13-15-30(21,2)27(24)14-16-31(25,26)3/h19,22,24-27H,5-18H2,1-4H3/b36-20+/t24-,25+,26-,27-,30-,31+/m0/s1. The van der Waals surface area contributed by atoms with Gasteiger partial charge in [-0.3, -0.25) is 14.4 Å². The fourth-order valence-electron chi connectivity index (χ4n) is 9.69. The number of fused-ring (bicyclic) bond motifs is 5. The number of hydrogen-bond donors (Lipinski definition) is 0. The highest BCUT2D eigenvalue weighted by Crippen LogP contribution is 2.66. The molecule has 0 heterocycles. The maximum Gasteiger partial charge on any atom is 0.471 e. The lowest BCUT2D eigenvalue weighted by Gasteiger charge is -2.58. The Morgan fingerprint density at radius 3 is 2.40 bits per heavy atom. The second kappa shape index (κ2) is 11.6. The third-order valence-electron chi connectivity index (χ3n) is 12.0. The van der Waals surface area contributed by atoms with Crippen molar-refractivity contribution in [2.24, 2.45) is 39.7 Å². The summed E-state index contributed by atoms with van der Waals surface area (Å²) < 4.78 is 38.6. The van der Waals surface area contributed by atoms with Crippen molar-refractivity contribution >= 4 is 23.5 Å². The minimum Gasteiger partial charge on any atom is -0.336 e. The number of oxime groups is 1. The van der Waals surface area contributed by atoms with Gasteiger partial charge in [0.05, 0.1) is 5.71 Å². The first kappa shape index (κ1) is 31.0. The number of allylic oxidation sites excluding steroid dienone is 1. The van der Waals surface area contributed by atoms with Crippen LogP contribution in [0.3, 0.4) is 0 Å². The molecule has 4 fully saturated rings. The highest BCUT2D eigenvalue weighted by atomic mass is 19.4. The molecule has 5 aliphatic carbocycles. The molecule has 10 heteroatoms. The van der Waals surface area contributed by atoms with E-state index in [4.69, 9.17) is 4.84 Å². The van der Waals surface area contributed by atoms with Crippen LogP contribution in [-0.4, -0.2) is 65.7 Å². The first-order valence-corrected chi connectivity index (χ1v) is 15.8. The number of carbonyl (C=O) groups is 3. The predicted octanol–water partition coefficient (Wildman–Crippen LogP) is 6.91. The highest BCUT2D eigenvalue weighted by molar-refractivity contribution is 5.91. The third kappa shape index (κ3) is 5.63. The number of carbonyl (C=O) groups excluding carboxylic acids is 3. The van der Waals surface area contributed by atoms with Gasteiger partial charge in [-0.25, -0.2) is 4.79 Å². The maximum absolute atomic E-state index is 13.2. The SMILES string of the molecule is C/C(=N\OC(=O)N(CCN(C)C(=O)C(F)(F)F)C1CCCC1)[C@H]1CC[C@H]2[C@@H]3CCC4=CC(=O)CC[C@]4(C)[C@H]3CC[C@]12C. The smallest absolute Gasteiger partial charge is 0.336 e. The molecule has 2 amide bonds. The van der Waals surface area contributed by atoms with Gasteiger partial charge in [0, 0.05) is 38.5 Å². The molecule has 42 heavy (non-hydrogen) atoms. The number of ketones is 1. The molecular formula is C32H46F3N3O4. The van der Waals surface area contributed by atoms with Gasteiger partial charge in [0.2, 0.25) is 0 Å². The number of amides is 2. The topological polar surface area (TPSA) is 79.3 Å². The molecule has 234 valence electrons. The van der Waals surface area contributed by atoms with Crippen LogP contribution in [0.25, 0.3) is 0 Å². The van der Waals surface area contributed by atoms with Crippen LogP contribution < -0.4 is 0 Å². The summed E-state index contributed by atoms with van der Waals surface area (Å²) in [6, 6.07) is -0.132. The number of rotatable bonds is 6. The van der Waals surface area contributed by atoms with Gasteiger partial charge >= 0.3 is 18.2 Å². The fourth-order valence-corrected chi connectivity index (χ4v) is 9.69. The van der Waals surface area contributed by atoms with E-state index in [1.165, 1.54) is 10.5 Å². The summed E-state index contributed by atoms with van der Waals surface area (Å²) in [4.78, 5) is 44.5. The summed E-state index contributed by atoms with van der Waals surface area (Å²) in [5.41, 5.74) is 2.35. The van der Waals surface area contributed by atoms with E-state index in [1.807, 2.05) is 13.0 Å². The molecule has 0 saturated heterocycles. The zero-order valence-electron chi connectivity index (χ0n) is 25.5. The van der Waals surface area contributed by atoms with Crippen LogP contribution in [0.4, 0.5) is 18.0 Å². The largest absolute Gasteiger partial charge is 0.471 e. The van der Waals surface area contributed by atoms with E-state index < -0.39 is 18.2 Å². The number of hydrogen-bond acceptors (Lipinski definition) is 5. The molecular weight excluding hydrogens is 547 g/mol. The molecule has 5 aliphatic rings. The second-order valence-electron chi connectivity index (χ2n) is 14.1. The molecule has 6 atom stereocenters. The Balaban J connectivity index is 1.25. The molecule has 0 radical (unpaired) electrons. The van der Waals surface area contributed by atoms with Gasteiger partial charge in [-0.15, -0.1) is 0 Å². The van der Waals surface area contributed by atoms with E-state index in [0.717, 1.165) is 83.4 Å². The second-order valence-corrected chi connectivity index (χ2v) is 14.1. The van der Waals surface area contributed by atoms with Gasteiger partial charge in [0.15, 0.2) is 5.78 Å². The molecule has 0 unspecified atom stereocenters. The van der Waals surface area contributed by atoms with Crippen molar-refractivity contribution in [3.05, 3.63) is 11.6 Å². The predicted molar refractivity (Wildman–Crippen MR) is 152 cm³/mol. The average Bonchev–Trinajstić information content (AvgIpc) is 3.59. The van der Waals surface area contributed by atoms with Crippen LogP contribution in [0.5, 0.6) is 0 Å². The molecule has 0 aromatic carbocycles. The normalized spacial score (nSPS) is 35.2. The van der Waals surface area contributed by atoms with Crippen LogP contribution in [0, 0.1) is 34.5 Å². The number of halogens is 3. The molecule has 4 saturated carbocycles. The first-order chi connectivity index (χ1) is 19.8. The Hall–Kier alpha value is -2.39. The van der Waals surface area contributed by atoms with Crippen LogP contribution in [0.1, 0.15) is 97.8 Å². The maximum atomic E-state index is 13.2. The number of nitrogens with zero attached hydrogens (tertiary/aromatic N) is 3. The van der Waals surface area contributed by atoms with Crippen LogP contribution >= 0.6 is 0 Å². The van der Waals surface area contributed by atoms with Crippen molar-refractivity contribution in [3.8, 4) is 0 Å². The van der Waals surface area contributed by atoms with Crippen molar-refractivity contribution in [2.75, 3.05) is 20.1 Å². The van der Waals surface area contributed by atoms with Crippen LogP contribution in [0.2, 0.25) is 0 Å². The van der Waals surface area contributed by atoms with E-state index >= 15 is 0 Å².